The van der Waals surface area contributed by atoms with Crippen molar-refractivity contribution in [2.75, 3.05) is 7.11 Å². The van der Waals surface area contributed by atoms with E-state index in [4.69, 9.17) is 14.0 Å². The van der Waals surface area contributed by atoms with Crippen molar-refractivity contribution in [2.45, 2.75) is 6.61 Å². The lowest BCUT2D eigenvalue weighted by atomic mass is 10.2. The van der Waals surface area contributed by atoms with Crippen LogP contribution in [0.4, 0.5) is 4.39 Å². The Hall–Kier alpha value is -2.89. The molecule has 3 aromatic rings. The lowest BCUT2D eigenvalue weighted by Gasteiger charge is -2.02. The van der Waals surface area contributed by atoms with Crippen molar-refractivity contribution in [2.24, 2.45) is 0 Å². The molecule has 0 spiro atoms. The molecular weight excluding hydrogens is 287 g/mol. The first kappa shape index (κ1) is 14.1. The zero-order valence-electron chi connectivity index (χ0n) is 11.8. The summed E-state index contributed by atoms with van der Waals surface area (Å²) in [4.78, 5) is 4.24. The van der Waals surface area contributed by atoms with Crippen LogP contribution in [0.25, 0.3) is 11.5 Å². The Morgan fingerprint density at radius 1 is 1.09 bits per heavy atom. The largest absolute Gasteiger partial charge is 0.497 e. The second kappa shape index (κ2) is 6.26. The smallest absolute Gasteiger partial charge is 0.258 e. The minimum Gasteiger partial charge on any atom is -0.497 e. The monoisotopic (exact) mass is 300 g/mol. The van der Waals surface area contributed by atoms with Gasteiger partial charge in [-0.15, -0.1) is 0 Å². The van der Waals surface area contributed by atoms with E-state index in [0.717, 1.165) is 11.3 Å². The van der Waals surface area contributed by atoms with Gasteiger partial charge in [-0.3, -0.25) is 0 Å². The fraction of sp³-hybridized carbons (Fsp3) is 0.125. The van der Waals surface area contributed by atoms with E-state index in [1.807, 2.05) is 24.3 Å². The summed E-state index contributed by atoms with van der Waals surface area (Å²) in [7, 11) is 1.60. The van der Waals surface area contributed by atoms with Gasteiger partial charge in [-0.25, -0.2) is 4.39 Å². The van der Waals surface area contributed by atoms with E-state index in [2.05, 4.69) is 10.1 Å². The van der Waals surface area contributed by atoms with Crippen molar-refractivity contribution in [1.82, 2.24) is 10.1 Å². The average Bonchev–Trinajstić information content (AvgIpc) is 3.02. The molecule has 0 radical (unpaired) electrons. The Balaban J connectivity index is 1.68. The van der Waals surface area contributed by atoms with Gasteiger partial charge in [0.05, 0.1) is 7.11 Å². The summed E-state index contributed by atoms with van der Waals surface area (Å²) in [6.07, 6.45) is 0. The van der Waals surface area contributed by atoms with Crippen LogP contribution < -0.4 is 9.47 Å². The molecule has 0 saturated heterocycles. The van der Waals surface area contributed by atoms with Crippen molar-refractivity contribution in [1.29, 1.82) is 0 Å². The van der Waals surface area contributed by atoms with Gasteiger partial charge in [-0.05, 0) is 36.4 Å². The topological polar surface area (TPSA) is 57.4 Å². The Morgan fingerprint density at radius 2 is 1.91 bits per heavy atom. The average molecular weight is 300 g/mol. The quantitative estimate of drug-likeness (QED) is 0.722. The van der Waals surface area contributed by atoms with E-state index < -0.39 is 0 Å². The van der Waals surface area contributed by atoms with Crippen molar-refractivity contribution < 1.29 is 18.4 Å². The highest BCUT2D eigenvalue weighted by Gasteiger charge is 2.09. The maximum Gasteiger partial charge on any atom is 0.258 e. The van der Waals surface area contributed by atoms with E-state index in [1.54, 1.807) is 19.2 Å². The van der Waals surface area contributed by atoms with Gasteiger partial charge in [0.2, 0.25) is 5.82 Å². The second-order valence-electron chi connectivity index (χ2n) is 4.49. The van der Waals surface area contributed by atoms with Crippen molar-refractivity contribution in [3.63, 3.8) is 0 Å². The number of ether oxygens (including phenoxy) is 2. The summed E-state index contributed by atoms with van der Waals surface area (Å²) < 4.78 is 28.7. The molecule has 0 atom stereocenters. The number of hydrogen-bond donors (Lipinski definition) is 0. The maximum absolute atomic E-state index is 13.0. The Kier molecular flexibility index (Phi) is 4.00. The standard InChI is InChI=1S/C16H13FN2O3/c1-20-13-7-5-11(6-8-13)16-18-15(19-22-16)10-21-14-4-2-3-12(17)9-14/h2-9H,10H2,1H3. The first-order chi connectivity index (χ1) is 10.7. The van der Waals surface area contributed by atoms with Gasteiger partial charge < -0.3 is 14.0 Å². The third-order valence-corrected chi connectivity index (χ3v) is 2.97. The van der Waals surface area contributed by atoms with Gasteiger partial charge in [0, 0.05) is 11.6 Å². The third kappa shape index (κ3) is 3.22. The summed E-state index contributed by atoms with van der Waals surface area (Å²) in [5.41, 5.74) is 0.783. The van der Waals surface area contributed by atoms with E-state index >= 15 is 0 Å². The SMILES string of the molecule is COc1ccc(-c2nc(COc3cccc(F)c3)no2)cc1. The Labute approximate surface area is 126 Å². The maximum atomic E-state index is 13.0. The number of rotatable bonds is 5. The molecule has 0 aliphatic rings. The normalized spacial score (nSPS) is 10.5. The third-order valence-electron chi connectivity index (χ3n) is 2.97. The molecule has 0 unspecified atom stereocenters. The van der Waals surface area contributed by atoms with E-state index in [9.17, 15) is 4.39 Å². The van der Waals surface area contributed by atoms with Crippen LogP contribution in [0, 0.1) is 5.82 Å². The Bertz CT molecular complexity index is 756. The van der Waals surface area contributed by atoms with Crippen LogP contribution >= 0.6 is 0 Å². The van der Waals surface area contributed by atoms with Crippen LogP contribution in [0.15, 0.2) is 53.1 Å². The van der Waals surface area contributed by atoms with Crippen LogP contribution in [0.5, 0.6) is 11.5 Å². The van der Waals surface area contributed by atoms with E-state index in [-0.39, 0.29) is 12.4 Å². The predicted molar refractivity (Wildman–Crippen MR) is 77.0 cm³/mol. The molecule has 1 heterocycles. The van der Waals surface area contributed by atoms with Crippen LogP contribution in [0.1, 0.15) is 5.82 Å². The lowest BCUT2D eigenvalue weighted by molar-refractivity contribution is 0.286. The minimum absolute atomic E-state index is 0.100. The molecule has 2 aromatic carbocycles. The molecule has 1 aromatic heterocycles. The van der Waals surface area contributed by atoms with Crippen molar-refractivity contribution >= 4 is 0 Å². The number of nitrogens with zero attached hydrogens (tertiary/aromatic N) is 2. The first-order valence-electron chi connectivity index (χ1n) is 6.60. The summed E-state index contributed by atoms with van der Waals surface area (Å²) in [5, 5.41) is 3.84. The van der Waals surface area contributed by atoms with Gasteiger partial charge in [0.25, 0.3) is 5.89 Å². The second-order valence-corrected chi connectivity index (χ2v) is 4.49. The van der Waals surface area contributed by atoms with Gasteiger partial charge in [-0.1, -0.05) is 11.2 Å². The molecular formula is C16H13FN2O3. The van der Waals surface area contributed by atoms with E-state index in [1.165, 1.54) is 12.1 Å². The molecule has 0 bridgehead atoms. The number of halogens is 1. The molecule has 0 fully saturated rings. The molecule has 6 heteroatoms. The summed E-state index contributed by atoms with van der Waals surface area (Å²) in [6.45, 7) is 0.100. The Morgan fingerprint density at radius 3 is 2.64 bits per heavy atom. The first-order valence-corrected chi connectivity index (χ1v) is 6.60. The number of methoxy groups -OCH3 is 1. The minimum atomic E-state index is -0.357. The zero-order valence-corrected chi connectivity index (χ0v) is 11.8. The van der Waals surface area contributed by atoms with Gasteiger partial charge in [0.1, 0.15) is 17.3 Å². The molecule has 112 valence electrons. The molecule has 0 aliphatic carbocycles. The van der Waals surface area contributed by atoms with Crippen molar-refractivity contribution in [3.8, 4) is 23.0 Å². The van der Waals surface area contributed by atoms with Crippen molar-refractivity contribution in [3.05, 3.63) is 60.2 Å². The summed E-state index contributed by atoms with van der Waals surface area (Å²) >= 11 is 0. The number of aromatic nitrogens is 2. The lowest BCUT2D eigenvalue weighted by Crippen LogP contribution is -1.97. The zero-order chi connectivity index (χ0) is 15.4. The highest BCUT2D eigenvalue weighted by molar-refractivity contribution is 5.54. The number of benzene rings is 2. The number of hydrogen-bond acceptors (Lipinski definition) is 5. The molecule has 0 N–H and O–H groups in total. The van der Waals surface area contributed by atoms with Gasteiger partial charge >= 0.3 is 0 Å². The molecule has 0 amide bonds. The van der Waals surface area contributed by atoms with Crippen LogP contribution in [0.2, 0.25) is 0 Å². The molecule has 5 nitrogen and oxygen atoms in total. The van der Waals surface area contributed by atoms with Crippen LogP contribution in [-0.2, 0) is 6.61 Å². The van der Waals surface area contributed by atoms with Crippen LogP contribution in [-0.4, -0.2) is 17.3 Å². The molecule has 3 rings (SSSR count). The predicted octanol–water partition coefficient (Wildman–Crippen LogP) is 3.46. The van der Waals surface area contributed by atoms with Gasteiger partial charge in [-0.2, -0.15) is 4.98 Å². The molecule has 22 heavy (non-hydrogen) atoms. The fourth-order valence-corrected chi connectivity index (χ4v) is 1.87. The fourth-order valence-electron chi connectivity index (χ4n) is 1.87. The summed E-state index contributed by atoms with van der Waals surface area (Å²) in [6, 6.07) is 13.1. The molecule has 0 aliphatic heterocycles. The van der Waals surface area contributed by atoms with Gasteiger partial charge in [0.15, 0.2) is 6.61 Å². The molecule has 0 saturated carbocycles. The van der Waals surface area contributed by atoms with E-state index in [0.29, 0.717) is 17.5 Å². The highest BCUT2D eigenvalue weighted by Crippen LogP contribution is 2.21. The summed E-state index contributed by atoms with van der Waals surface area (Å²) in [5.74, 6) is 1.58. The van der Waals surface area contributed by atoms with Crippen LogP contribution in [0.3, 0.4) is 0 Å². The highest BCUT2D eigenvalue weighted by atomic mass is 19.1.